The lowest BCUT2D eigenvalue weighted by molar-refractivity contribution is 0.0914. The Balaban J connectivity index is 1.86. The molecule has 0 aliphatic carbocycles. The number of carbonyl (C=O) groups excluding carboxylic acids is 1. The van der Waals surface area contributed by atoms with Crippen molar-refractivity contribution >= 4 is 28.8 Å². The normalized spacial score (nSPS) is 13.4. The maximum atomic E-state index is 12.5. The Labute approximate surface area is 161 Å². The number of benzene rings is 1. The first-order valence-electron chi connectivity index (χ1n) is 8.44. The van der Waals surface area contributed by atoms with Crippen molar-refractivity contribution in [3.63, 3.8) is 0 Å². The van der Waals surface area contributed by atoms with Crippen LogP contribution in [0.15, 0.2) is 40.2 Å². The van der Waals surface area contributed by atoms with E-state index in [9.17, 15) is 4.79 Å². The van der Waals surface area contributed by atoms with Gasteiger partial charge >= 0.3 is 0 Å². The molecule has 2 aromatic heterocycles. The highest BCUT2D eigenvalue weighted by Crippen LogP contribution is 2.28. The van der Waals surface area contributed by atoms with Gasteiger partial charge in [0.25, 0.3) is 5.91 Å². The highest BCUT2D eigenvalue weighted by Gasteiger charge is 2.27. The van der Waals surface area contributed by atoms with Gasteiger partial charge in [-0.25, -0.2) is 0 Å². The largest absolute Gasteiger partial charge is 0.339 e. The molecular weight excluding hydrogens is 370 g/mol. The summed E-state index contributed by atoms with van der Waals surface area (Å²) in [4.78, 5) is 17.6. The van der Waals surface area contributed by atoms with E-state index in [0.29, 0.717) is 21.6 Å². The average Bonchev–Trinajstić information content (AvgIpc) is 3.33. The third-order valence-electron chi connectivity index (χ3n) is 4.38. The summed E-state index contributed by atoms with van der Waals surface area (Å²) in [5.41, 5.74) is 1.77. The van der Waals surface area contributed by atoms with Gasteiger partial charge in [0.1, 0.15) is 6.04 Å². The Bertz CT molecular complexity index is 892. The number of amides is 1. The van der Waals surface area contributed by atoms with Crippen molar-refractivity contribution in [2.75, 3.05) is 0 Å². The van der Waals surface area contributed by atoms with Crippen LogP contribution in [0.1, 0.15) is 47.4 Å². The van der Waals surface area contributed by atoms with Crippen molar-refractivity contribution in [3.05, 3.63) is 57.1 Å². The van der Waals surface area contributed by atoms with E-state index in [1.807, 2.05) is 43.5 Å². The standard InChI is InChI=1S/C19H20ClN3O2S/c1-4-11(2)16(21-18(24)15-6-5-9-26-15)19-22-17(23-25-19)13-8-7-12(3)14(20)10-13/h5-11,16H,4H2,1-3H3,(H,21,24)/t11-,16+/m1/s1. The minimum atomic E-state index is -0.350. The van der Waals surface area contributed by atoms with Crippen molar-refractivity contribution in [2.45, 2.75) is 33.2 Å². The Morgan fingerprint density at radius 1 is 1.38 bits per heavy atom. The molecule has 1 N–H and O–H groups in total. The van der Waals surface area contributed by atoms with Crippen LogP contribution in [0, 0.1) is 12.8 Å². The zero-order valence-electron chi connectivity index (χ0n) is 14.8. The maximum Gasteiger partial charge on any atom is 0.262 e. The molecule has 5 nitrogen and oxygen atoms in total. The monoisotopic (exact) mass is 389 g/mol. The molecule has 1 amide bonds. The molecule has 0 bridgehead atoms. The number of nitrogens with one attached hydrogen (secondary N) is 1. The second-order valence-corrected chi connectivity index (χ2v) is 7.59. The van der Waals surface area contributed by atoms with E-state index in [1.165, 1.54) is 11.3 Å². The van der Waals surface area contributed by atoms with Crippen LogP contribution in [0.2, 0.25) is 5.02 Å². The Hall–Kier alpha value is -2.18. The summed E-state index contributed by atoms with van der Waals surface area (Å²) in [6.45, 7) is 6.05. The molecule has 0 fully saturated rings. The second kappa shape index (κ2) is 8.01. The fourth-order valence-corrected chi connectivity index (χ4v) is 3.32. The predicted octanol–water partition coefficient (Wildman–Crippen LogP) is 5.28. The summed E-state index contributed by atoms with van der Waals surface area (Å²) >= 11 is 7.59. The van der Waals surface area contributed by atoms with Crippen LogP contribution in [0.5, 0.6) is 0 Å². The first-order chi connectivity index (χ1) is 12.5. The van der Waals surface area contributed by atoms with E-state index in [0.717, 1.165) is 17.5 Å². The summed E-state index contributed by atoms with van der Waals surface area (Å²) < 4.78 is 5.48. The molecule has 0 saturated heterocycles. The van der Waals surface area contributed by atoms with E-state index in [-0.39, 0.29) is 17.9 Å². The van der Waals surface area contributed by atoms with Crippen LogP contribution >= 0.6 is 22.9 Å². The Kier molecular flexibility index (Phi) is 5.74. The van der Waals surface area contributed by atoms with Crippen LogP contribution in [0.3, 0.4) is 0 Å². The van der Waals surface area contributed by atoms with Gasteiger partial charge in [-0.1, -0.05) is 55.2 Å². The smallest absolute Gasteiger partial charge is 0.262 e. The molecule has 0 aliphatic rings. The van der Waals surface area contributed by atoms with Crippen molar-refractivity contribution in [1.82, 2.24) is 15.5 Å². The molecule has 3 rings (SSSR count). The summed E-state index contributed by atoms with van der Waals surface area (Å²) in [5, 5.41) is 9.62. The molecule has 1 aromatic carbocycles. The zero-order valence-corrected chi connectivity index (χ0v) is 16.4. The quantitative estimate of drug-likeness (QED) is 0.622. The van der Waals surface area contributed by atoms with Gasteiger partial charge in [-0.3, -0.25) is 4.79 Å². The van der Waals surface area contributed by atoms with E-state index in [2.05, 4.69) is 22.4 Å². The lowest BCUT2D eigenvalue weighted by atomic mass is 9.99. The number of carbonyl (C=O) groups is 1. The summed E-state index contributed by atoms with van der Waals surface area (Å²) in [7, 11) is 0. The molecule has 7 heteroatoms. The van der Waals surface area contributed by atoms with E-state index >= 15 is 0 Å². The SMILES string of the molecule is CC[C@@H](C)[C@H](NC(=O)c1cccs1)c1nc(-c2ccc(C)c(Cl)c2)no1. The van der Waals surface area contributed by atoms with Crippen molar-refractivity contribution in [1.29, 1.82) is 0 Å². The third-order valence-corrected chi connectivity index (χ3v) is 5.66. The first kappa shape index (κ1) is 18.6. The second-order valence-electron chi connectivity index (χ2n) is 6.23. The highest BCUT2D eigenvalue weighted by molar-refractivity contribution is 7.12. The lowest BCUT2D eigenvalue weighted by Gasteiger charge is -2.20. The molecule has 0 spiro atoms. The maximum absolute atomic E-state index is 12.5. The minimum Gasteiger partial charge on any atom is -0.339 e. The van der Waals surface area contributed by atoms with Crippen LogP contribution in [0.4, 0.5) is 0 Å². The molecule has 26 heavy (non-hydrogen) atoms. The molecule has 0 aliphatic heterocycles. The molecule has 2 atom stereocenters. The average molecular weight is 390 g/mol. The van der Waals surface area contributed by atoms with Gasteiger partial charge in [-0.05, 0) is 35.9 Å². The van der Waals surface area contributed by atoms with Crippen LogP contribution in [-0.4, -0.2) is 16.0 Å². The summed E-state index contributed by atoms with van der Waals surface area (Å²) in [6, 6.07) is 8.92. The van der Waals surface area contributed by atoms with Crippen molar-refractivity contribution < 1.29 is 9.32 Å². The molecule has 3 aromatic rings. The number of aryl methyl sites for hydroxylation is 1. The van der Waals surface area contributed by atoms with Gasteiger partial charge in [-0.2, -0.15) is 4.98 Å². The van der Waals surface area contributed by atoms with Gasteiger partial charge in [0.15, 0.2) is 0 Å². The highest BCUT2D eigenvalue weighted by atomic mass is 35.5. The first-order valence-corrected chi connectivity index (χ1v) is 9.69. The van der Waals surface area contributed by atoms with Gasteiger partial charge in [-0.15, -0.1) is 11.3 Å². The Morgan fingerprint density at radius 3 is 2.85 bits per heavy atom. The van der Waals surface area contributed by atoms with Gasteiger partial charge in [0, 0.05) is 10.6 Å². The summed E-state index contributed by atoms with van der Waals surface area (Å²) in [5.74, 6) is 0.869. The lowest BCUT2D eigenvalue weighted by Crippen LogP contribution is -2.32. The third kappa shape index (κ3) is 3.97. The number of aromatic nitrogens is 2. The molecule has 2 heterocycles. The number of rotatable bonds is 6. The number of thiophene rings is 1. The Morgan fingerprint density at radius 2 is 2.19 bits per heavy atom. The zero-order chi connectivity index (χ0) is 18.7. The fraction of sp³-hybridized carbons (Fsp3) is 0.316. The number of nitrogens with zero attached hydrogens (tertiary/aromatic N) is 2. The predicted molar refractivity (Wildman–Crippen MR) is 103 cm³/mol. The molecule has 0 unspecified atom stereocenters. The van der Waals surface area contributed by atoms with Crippen molar-refractivity contribution in [2.24, 2.45) is 5.92 Å². The van der Waals surface area contributed by atoms with Crippen LogP contribution in [-0.2, 0) is 0 Å². The number of hydrogen-bond donors (Lipinski definition) is 1. The van der Waals surface area contributed by atoms with E-state index in [4.69, 9.17) is 16.1 Å². The van der Waals surface area contributed by atoms with Crippen LogP contribution in [0.25, 0.3) is 11.4 Å². The van der Waals surface area contributed by atoms with Gasteiger partial charge < -0.3 is 9.84 Å². The molecular formula is C19H20ClN3O2S. The molecule has 136 valence electrons. The van der Waals surface area contributed by atoms with Crippen molar-refractivity contribution in [3.8, 4) is 11.4 Å². The number of hydrogen-bond acceptors (Lipinski definition) is 5. The van der Waals surface area contributed by atoms with E-state index in [1.54, 1.807) is 6.07 Å². The van der Waals surface area contributed by atoms with Gasteiger partial charge in [0.2, 0.25) is 11.7 Å². The topological polar surface area (TPSA) is 68.0 Å². The molecule has 0 saturated carbocycles. The number of halogens is 1. The summed E-state index contributed by atoms with van der Waals surface area (Å²) in [6.07, 6.45) is 0.865. The molecule has 0 radical (unpaired) electrons. The van der Waals surface area contributed by atoms with Crippen LogP contribution < -0.4 is 5.32 Å². The fourth-order valence-electron chi connectivity index (χ4n) is 2.51. The van der Waals surface area contributed by atoms with Gasteiger partial charge in [0.05, 0.1) is 4.88 Å². The minimum absolute atomic E-state index is 0.136. The van der Waals surface area contributed by atoms with E-state index < -0.39 is 0 Å².